The summed E-state index contributed by atoms with van der Waals surface area (Å²) in [5.41, 5.74) is 2.16. The summed E-state index contributed by atoms with van der Waals surface area (Å²) in [6, 6.07) is 16.0. The van der Waals surface area contributed by atoms with Crippen LogP contribution < -0.4 is 24.3 Å². The number of carbonyl (C=O) groups excluding carboxylic acids is 2. The normalized spacial score (nSPS) is 14.7. The number of rotatable bonds is 6. The van der Waals surface area contributed by atoms with E-state index < -0.39 is 6.10 Å². The second-order valence-corrected chi connectivity index (χ2v) is 8.26. The van der Waals surface area contributed by atoms with Crippen molar-refractivity contribution in [2.45, 2.75) is 12.5 Å². The minimum absolute atomic E-state index is 0.0928. The van der Waals surface area contributed by atoms with Crippen molar-refractivity contribution in [3.63, 3.8) is 0 Å². The summed E-state index contributed by atoms with van der Waals surface area (Å²) in [7, 11) is 4.44. The molecule has 3 aromatic carbocycles. The molecule has 0 spiro atoms. The van der Waals surface area contributed by atoms with Gasteiger partial charge in [-0.25, -0.2) is 0 Å². The Bertz CT molecular complexity index is 1230. The second kappa shape index (κ2) is 9.54. The number of fused-ring (bicyclic) bond motifs is 1. The van der Waals surface area contributed by atoms with E-state index in [0.717, 1.165) is 4.47 Å². The van der Waals surface area contributed by atoms with E-state index in [1.807, 2.05) is 24.3 Å². The molecule has 3 aromatic rings. The van der Waals surface area contributed by atoms with E-state index in [2.05, 4.69) is 21.2 Å². The van der Waals surface area contributed by atoms with Crippen molar-refractivity contribution in [2.75, 3.05) is 26.6 Å². The molecule has 0 radical (unpaired) electrons. The average Bonchev–Trinajstić information content (AvgIpc) is 2.82. The topological polar surface area (TPSA) is 83.1 Å². The van der Waals surface area contributed by atoms with Crippen LogP contribution in [0.25, 0.3) is 0 Å². The van der Waals surface area contributed by atoms with Crippen molar-refractivity contribution in [2.24, 2.45) is 0 Å². The first kappa shape index (κ1) is 22.7. The van der Waals surface area contributed by atoms with Crippen LogP contribution in [-0.4, -0.2) is 33.0 Å². The monoisotopic (exact) mass is 511 g/mol. The summed E-state index contributed by atoms with van der Waals surface area (Å²) in [5, 5.41) is 2.87. The van der Waals surface area contributed by atoms with Gasteiger partial charge in [0.2, 0.25) is 5.75 Å². The van der Waals surface area contributed by atoms with Gasteiger partial charge in [0.15, 0.2) is 17.3 Å². The van der Waals surface area contributed by atoms with E-state index in [0.29, 0.717) is 39.6 Å². The number of anilines is 1. The molecule has 0 saturated carbocycles. The highest BCUT2D eigenvalue weighted by Crippen LogP contribution is 2.49. The highest BCUT2D eigenvalue weighted by atomic mass is 79.9. The van der Waals surface area contributed by atoms with Gasteiger partial charge in [0.05, 0.1) is 27.8 Å². The molecule has 1 N–H and O–H groups in total. The third kappa shape index (κ3) is 4.52. The fraction of sp³-hybridized carbons (Fsp3) is 0.200. The van der Waals surface area contributed by atoms with Gasteiger partial charge in [-0.15, -0.1) is 0 Å². The van der Waals surface area contributed by atoms with Crippen LogP contribution in [0, 0.1) is 0 Å². The van der Waals surface area contributed by atoms with E-state index in [-0.39, 0.29) is 23.9 Å². The molecule has 7 nitrogen and oxygen atoms in total. The van der Waals surface area contributed by atoms with Gasteiger partial charge >= 0.3 is 0 Å². The van der Waals surface area contributed by atoms with E-state index in [4.69, 9.17) is 18.9 Å². The predicted octanol–water partition coefficient (Wildman–Crippen LogP) is 5.43. The Kier molecular flexibility index (Phi) is 6.55. The number of methoxy groups -OCH3 is 3. The standard InChI is InChI=1S/C25H22BrNO6/c1-30-21-13-20-22(24(32-3)23(21)31-2)18(28)12-19(33-20)14-6-4-7-15(10-14)25(29)27-17-9-5-8-16(26)11-17/h4-11,13,19H,12H2,1-3H3,(H,27,29). The highest BCUT2D eigenvalue weighted by molar-refractivity contribution is 9.10. The van der Waals surface area contributed by atoms with Crippen molar-refractivity contribution in [1.29, 1.82) is 0 Å². The Morgan fingerprint density at radius 3 is 2.45 bits per heavy atom. The predicted molar refractivity (Wildman–Crippen MR) is 127 cm³/mol. The maximum Gasteiger partial charge on any atom is 0.255 e. The van der Waals surface area contributed by atoms with Crippen molar-refractivity contribution < 1.29 is 28.5 Å². The van der Waals surface area contributed by atoms with Crippen LogP contribution in [0.5, 0.6) is 23.0 Å². The van der Waals surface area contributed by atoms with Gasteiger partial charge in [0, 0.05) is 21.8 Å². The Balaban J connectivity index is 1.63. The van der Waals surface area contributed by atoms with Crippen LogP contribution in [0.2, 0.25) is 0 Å². The molecule has 1 aliphatic heterocycles. The quantitative estimate of drug-likeness (QED) is 0.474. The number of ether oxygens (including phenoxy) is 4. The van der Waals surface area contributed by atoms with Gasteiger partial charge < -0.3 is 24.3 Å². The lowest BCUT2D eigenvalue weighted by atomic mass is 9.94. The minimum Gasteiger partial charge on any atom is -0.493 e. The number of amides is 1. The molecular weight excluding hydrogens is 490 g/mol. The van der Waals surface area contributed by atoms with Crippen LogP contribution in [0.4, 0.5) is 5.69 Å². The molecule has 0 bridgehead atoms. The van der Waals surface area contributed by atoms with Gasteiger partial charge in [-0.2, -0.15) is 0 Å². The SMILES string of the molecule is COc1cc2c(c(OC)c1OC)C(=O)CC(c1cccc(C(=O)Nc3cccc(Br)c3)c1)O2. The molecule has 1 amide bonds. The number of Topliss-reactive ketones (excluding diaryl/α,β-unsaturated/α-hetero) is 1. The first-order chi connectivity index (χ1) is 15.9. The summed E-state index contributed by atoms with van der Waals surface area (Å²) in [5.74, 6) is 0.935. The van der Waals surface area contributed by atoms with Gasteiger partial charge in [0.25, 0.3) is 5.91 Å². The number of benzene rings is 3. The lowest BCUT2D eigenvalue weighted by Crippen LogP contribution is -2.22. The molecule has 170 valence electrons. The lowest BCUT2D eigenvalue weighted by molar-refractivity contribution is 0.0842. The van der Waals surface area contributed by atoms with Crippen molar-refractivity contribution in [1.82, 2.24) is 0 Å². The van der Waals surface area contributed by atoms with Crippen molar-refractivity contribution in [3.8, 4) is 23.0 Å². The summed E-state index contributed by atoms with van der Waals surface area (Å²) >= 11 is 3.39. The number of hydrogen-bond acceptors (Lipinski definition) is 6. The van der Waals surface area contributed by atoms with E-state index >= 15 is 0 Å². The molecule has 1 heterocycles. The number of halogens is 1. The van der Waals surface area contributed by atoms with Crippen LogP contribution in [-0.2, 0) is 0 Å². The first-order valence-electron chi connectivity index (χ1n) is 10.1. The van der Waals surface area contributed by atoms with Crippen molar-refractivity contribution >= 4 is 33.3 Å². The molecule has 1 unspecified atom stereocenters. The largest absolute Gasteiger partial charge is 0.493 e. The van der Waals surface area contributed by atoms with Crippen LogP contribution >= 0.6 is 15.9 Å². The number of carbonyl (C=O) groups is 2. The third-order valence-corrected chi connectivity index (χ3v) is 5.81. The maximum absolute atomic E-state index is 13.1. The molecule has 0 saturated heterocycles. The Hall–Kier alpha value is -3.52. The number of hydrogen-bond donors (Lipinski definition) is 1. The molecule has 33 heavy (non-hydrogen) atoms. The summed E-state index contributed by atoms with van der Waals surface area (Å²) in [4.78, 5) is 25.8. The van der Waals surface area contributed by atoms with E-state index in [9.17, 15) is 9.59 Å². The molecular formula is C25H22BrNO6. The van der Waals surface area contributed by atoms with Gasteiger partial charge in [0.1, 0.15) is 17.4 Å². The van der Waals surface area contributed by atoms with Gasteiger partial charge in [-0.3, -0.25) is 9.59 Å². The Morgan fingerprint density at radius 1 is 1.00 bits per heavy atom. The summed E-state index contributed by atoms with van der Waals surface area (Å²) < 4.78 is 23.2. The Morgan fingerprint density at radius 2 is 1.76 bits per heavy atom. The van der Waals surface area contributed by atoms with Gasteiger partial charge in [-0.05, 0) is 35.9 Å². The van der Waals surface area contributed by atoms with E-state index in [1.54, 1.807) is 30.3 Å². The fourth-order valence-electron chi connectivity index (χ4n) is 3.79. The van der Waals surface area contributed by atoms with Crippen molar-refractivity contribution in [3.05, 3.63) is 75.8 Å². The average molecular weight is 512 g/mol. The third-order valence-electron chi connectivity index (χ3n) is 5.32. The lowest BCUT2D eigenvalue weighted by Gasteiger charge is -2.28. The zero-order valence-corrected chi connectivity index (χ0v) is 19.9. The first-order valence-corrected chi connectivity index (χ1v) is 10.9. The molecule has 1 aliphatic rings. The second-order valence-electron chi connectivity index (χ2n) is 7.34. The zero-order valence-electron chi connectivity index (χ0n) is 18.3. The molecule has 4 rings (SSSR count). The van der Waals surface area contributed by atoms with Crippen LogP contribution in [0.1, 0.15) is 38.8 Å². The Labute approximate surface area is 199 Å². The smallest absolute Gasteiger partial charge is 0.255 e. The van der Waals surface area contributed by atoms with Crippen LogP contribution in [0.3, 0.4) is 0 Å². The minimum atomic E-state index is -0.563. The molecule has 8 heteroatoms. The molecule has 0 aromatic heterocycles. The van der Waals surface area contributed by atoms with E-state index in [1.165, 1.54) is 21.3 Å². The molecule has 0 fully saturated rings. The summed E-state index contributed by atoms with van der Waals surface area (Å²) in [6.45, 7) is 0. The fourth-order valence-corrected chi connectivity index (χ4v) is 4.19. The maximum atomic E-state index is 13.1. The number of nitrogens with one attached hydrogen (secondary N) is 1. The highest BCUT2D eigenvalue weighted by Gasteiger charge is 2.34. The summed E-state index contributed by atoms with van der Waals surface area (Å²) in [6.07, 6.45) is -0.471. The van der Waals surface area contributed by atoms with Crippen LogP contribution in [0.15, 0.2) is 59.1 Å². The zero-order chi connectivity index (χ0) is 23.5. The molecule has 1 atom stereocenters. The van der Waals surface area contributed by atoms with Gasteiger partial charge in [-0.1, -0.05) is 34.1 Å². The number of ketones is 1. The molecule has 0 aliphatic carbocycles.